The average molecular weight is 594 g/mol. The van der Waals surface area contributed by atoms with E-state index in [1.165, 1.54) is 88.3 Å². The van der Waals surface area contributed by atoms with E-state index in [1.54, 1.807) is 0 Å². The topological polar surface area (TPSA) is 9.72 Å². The van der Waals surface area contributed by atoms with Crippen molar-refractivity contribution in [1.29, 1.82) is 0 Å². The van der Waals surface area contributed by atoms with E-state index in [0.717, 1.165) is 0 Å². The summed E-state index contributed by atoms with van der Waals surface area (Å²) >= 11 is 0. The first-order valence-electron chi connectivity index (χ1n) is 15.7. The third-order valence-electron chi connectivity index (χ3n) is 10.2. The number of allylic oxidation sites excluding steroid dienone is 4. The Kier molecular flexibility index (Phi) is 8.88. The molecule has 0 bridgehead atoms. The number of rotatable bonds is 7. The predicted octanol–water partition coefficient (Wildman–Crippen LogP) is 7.26. The summed E-state index contributed by atoms with van der Waals surface area (Å²) in [6.07, 6.45) is 0. The third kappa shape index (κ3) is 5.16. The number of hydrogen-bond acceptors (Lipinski definition) is 3. The lowest BCUT2D eigenvalue weighted by Crippen LogP contribution is -2.70. The van der Waals surface area contributed by atoms with Gasteiger partial charge in [0.05, 0.1) is 0 Å². The van der Waals surface area contributed by atoms with Crippen molar-refractivity contribution < 1.29 is 0 Å². The zero-order chi connectivity index (χ0) is 32.3. The molecule has 0 saturated carbocycles. The second kappa shape index (κ2) is 11.7. The standard InChI is InChI=1S/C39H55N3Si/c1-23-17-33(18-24(2)36(23)40(11)12)43(39-31(9)29(7)30(8)32(39)10,34-19-25(3)37(41(13)14)26(4)20-34)35-21-27(5)38(42(15)16)28(6)22-35/h17-22,39H,1-16H3. The zero-order valence-electron chi connectivity index (χ0n) is 29.9. The van der Waals surface area contributed by atoms with Gasteiger partial charge in [0, 0.05) is 64.9 Å². The molecule has 230 valence electrons. The van der Waals surface area contributed by atoms with Crippen molar-refractivity contribution in [3.05, 3.63) is 92.1 Å². The normalized spacial score (nSPS) is 14.2. The van der Waals surface area contributed by atoms with Crippen LogP contribution in [0.25, 0.3) is 0 Å². The lowest BCUT2D eigenvalue weighted by atomic mass is 10.1. The van der Waals surface area contributed by atoms with Gasteiger partial charge in [0.15, 0.2) is 8.07 Å². The maximum absolute atomic E-state index is 2.73. The largest absolute Gasteiger partial charge is 0.377 e. The number of nitrogens with zero attached hydrogens (tertiary/aromatic N) is 3. The monoisotopic (exact) mass is 593 g/mol. The first kappa shape index (κ1) is 32.7. The lowest BCUT2D eigenvalue weighted by Gasteiger charge is -2.43. The van der Waals surface area contributed by atoms with Crippen LogP contribution in [0.15, 0.2) is 58.7 Å². The summed E-state index contributed by atoms with van der Waals surface area (Å²) in [7, 11) is 10.3. The van der Waals surface area contributed by atoms with Gasteiger partial charge < -0.3 is 14.7 Å². The van der Waals surface area contributed by atoms with Crippen molar-refractivity contribution in [3.8, 4) is 0 Å². The molecule has 0 amide bonds. The highest BCUT2D eigenvalue weighted by Crippen LogP contribution is 2.47. The van der Waals surface area contributed by atoms with E-state index < -0.39 is 8.07 Å². The zero-order valence-corrected chi connectivity index (χ0v) is 30.9. The smallest absolute Gasteiger partial charge is 0.159 e. The summed E-state index contributed by atoms with van der Waals surface area (Å²) in [5, 5.41) is 4.52. The Morgan fingerprint density at radius 2 is 0.605 bits per heavy atom. The van der Waals surface area contributed by atoms with Gasteiger partial charge in [0.25, 0.3) is 0 Å². The predicted molar refractivity (Wildman–Crippen MR) is 196 cm³/mol. The maximum atomic E-state index is 2.55. The van der Waals surface area contributed by atoms with Gasteiger partial charge in [0.2, 0.25) is 0 Å². The first-order valence-corrected chi connectivity index (χ1v) is 17.8. The molecule has 4 heteroatoms. The van der Waals surface area contributed by atoms with Gasteiger partial charge in [-0.25, -0.2) is 0 Å². The molecule has 0 atom stereocenters. The molecule has 3 nitrogen and oxygen atoms in total. The fraction of sp³-hybridized carbons (Fsp3) is 0.436. The van der Waals surface area contributed by atoms with Crippen molar-refractivity contribution in [2.75, 3.05) is 57.0 Å². The fourth-order valence-electron chi connectivity index (χ4n) is 8.67. The average Bonchev–Trinajstić information content (AvgIpc) is 3.06. The molecule has 43 heavy (non-hydrogen) atoms. The number of anilines is 3. The van der Waals surface area contributed by atoms with Gasteiger partial charge in [-0.05, 0) is 129 Å². The van der Waals surface area contributed by atoms with Crippen LogP contribution in [-0.4, -0.2) is 50.4 Å². The highest BCUT2D eigenvalue weighted by Gasteiger charge is 2.51. The summed E-state index contributed by atoms with van der Waals surface area (Å²) in [6, 6.07) is 15.3. The summed E-state index contributed by atoms with van der Waals surface area (Å²) < 4.78 is 0. The van der Waals surface area contributed by atoms with Crippen molar-refractivity contribution in [3.63, 3.8) is 0 Å². The fourth-order valence-corrected chi connectivity index (χ4v) is 15.1. The molecule has 0 saturated heterocycles. The van der Waals surface area contributed by atoms with Crippen LogP contribution in [0.2, 0.25) is 5.54 Å². The summed E-state index contributed by atoms with van der Waals surface area (Å²) in [6.45, 7) is 23.3. The molecule has 1 aliphatic rings. The number of aryl methyl sites for hydroxylation is 6. The highest BCUT2D eigenvalue weighted by atomic mass is 28.3. The number of hydrogen-bond donors (Lipinski definition) is 0. The van der Waals surface area contributed by atoms with Gasteiger partial charge in [-0.2, -0.15) is 0 Å². The van der Waals surface area contributed by atoms with Gasteiger partial charge >= 0.3 is 0 Å². The molecular weight excluding hydrogens is 539 g/mol. The quantitative estimate of drug-likeness (QED) is 0.211. The summed E-state index contributed by atoms with van der Waals surface area (Å²) in [5.41, 5.74) is 18.4. The third-order valence-corrected chi connectivity index (χ3v) is 15.6. The molecule has 0 N–H and O–H groups in total. The molecule has 0 spiro atoms. The van der Waals surface area contributed by atoms with Crippen molar-refractivity contribution >= 4 is 40.7 Å². The molecule has 3 aromatic rings. The summed E-state index contributed by atoms with van der Waals surface area (Å²) in [4.78, 5) is 6.83. The van der Waals surface area contributed by atoms with Gasteiger partial charge in [-0.3, -0.25) is 0 Å². The van der Waals surface area contributed by atoms with E-state index in [9.17, 15) is 0 Å². The van der Waals surface area contributed by atoms with Crippen LogP contribution in [0.4, 0.5) is 17.1 Å². The Balaban J connectivity index is 2.32. The van der Waals surface area contributed by atoms with E-state index in [1.807, 2.05) is 0 Å². The Morgan fingerprint density at radius 3 is 0.791 bits per heavy atom. The van der Waals surface area contributed by atoms with Gasteiger partial charge in [-0.15, -0.1) is 0 Å². The van der Waals surface area contributed by atoms with Gasteiger partial charge in [0.1, 0.15) is 0 Å². The van der Waals surface area contributed by atoms with E-state index >= 15 is 0 Å². The Morgan fingerprint density at radius 1 is 0.395 bits per heavy atom. The van der Waals surface area contributed by atoms with Crippen LogP contribution >= 0.6 is 0 Å². The molecule has 0 unspecified atom stereocenters. The van der Waals surface area contributed by atoms with E-state index in [2.05, 4.69) is 163 Å². The molecule has 0 aliphatic heterocycles. The van der Waals surface area contributed by atoms with E-state index in [4.69, 9.17) is 0 Å². The van der Waals surface area contributed by atoms with Crippen LogP contribution in [0.3, 0.4) is 0 Å². The lowest BCUT2D eigenvalue weighted by molar-refractivity contribution is 1.08. The molecule has 0 radical (unpaired) electrons. The summed E-state index contributed by atoms with van der Waals surface area (Å²) in [5.74, 6) is 0. The minimum atomic E-state index is -2.73. The van der Waals surface area contributed by atoms with Crippen LogP contribution in [0.1, 0.15) is 61.1 Å². The van der Waals surface area contributed by atoms with Crippen LogP contribution < -0.4 is 30.3 Å². The first-order chi connectivity index (χ1) is 20.0. The van der Waals surface area contributed by atoms with Crippen LogP contribution in [-0.2, 0) is 0 Å². The number of benzene rings is 3. The molecule has 0 heterocycles. The molecule has 3 aromatic carbocycles. The molecular formula is C39H55N3Si. The molecule has 0 fully saturated rings. The molecule has 0 aromatic heterocycles. The van der Waals surface area contributed by atoms with E-state index in [-0.39, 0.29) is 0 Å². The van der Waals surface area contributed by atoms with Crippen molar-refractivity contribution in [2.24, 2.45) is 0 Å². The second-order valence-electron chi connectivity index (χ2n) is 13.9. The SMILES string of the molecule is CC1=C(C)C([Si](c2cc(C)c(N(C)C)c(C)c2)(c2cc(C)c(N(C)C)c(C)c2)c2cc(C)c(N(C)C)c(C)c2)C(C)=C1C. The minimum absolute atomic E-state index is 0.338. The highest BCUT2D eigenvalue weighted by molar-refractivity contribution is 7.13. The molecule has 1 aliphatic carbocycles. The Labute approximate surface area is 263 Å². The van der Waals surface area contributed by atoms with Crippen molar-refractivity contribution in [1.82, 2.24) is 0 Å². The van der Waals surface area contributed by atoms with E-state index in [0.29, 0.717) is 5.54 Å². The van der Waals surface area contributed by atoms with Crippen LogP contribution in [0, 0.1) is 41.5 Å². The minimum Gasteiger partial charge on any atom is -0.377 e. The second-order valence-corrected chi connectivity index (χ2v) is 17.8. The Hall–Kier alpha value is -3.24. The van der Waals surface area contributed by atoms with Gasteiger partial charge in [-0.1, -0.05) is 47.5 Å². The maximum Gasteiger partial charge on any atom is 0.159 e. The van der Waals surface area contributed by atoms with Crippen LogP contribution in [0.5, 0.6) is 0 Å². The molecule has 4 rings (SSSR count). The Bertz CT molecular complexity index is 1400. The van der Waals surface area contributed by atoms with Crippen molar-refractivity contribution in [2.45, 2.75) is 74.8 Å².